The first kappa shape index (κ1) is 27.4. The van der Waals surface area contributed by atoms with E-state index in [-0.39, 0.29) is 41.4 Å². The van der Waals surface area contributed by atoms with E-state index in [1.165, 1.54) is 10.5 Å². The highest BCUT2D eigenvalue weighted by Crippen LogP contribution is 2.52. The number of imide groups is 1. The minimum Gasteiger partial charge on any atom is -0.508 e. The summed E-state index contributed by atoms with van der Waals surface area (Å²) >= 11 is 0. The highest BCUT2D eigenvalue weighted by Gasteiger charge is 2.57. The van der Waals surface area contributed by atoms with Gasteiger partial charge in [0.25, 0.3) is 0 Å². The van der Waals surface area contributed by atoms with Crippen LogP contribution in [0.5, 0.6) is 5.75 Å². The van der Waals surface area contributed by atoms with Gasteiger partial charge in [0.1, 0.15) is 5.75 Å². The van der Waals surface area contributed by atoms with E-state index < -0.39 is 13.0 Å². The number of phenols is 1. The molecule has 4 atom stereocenters. The van der Waals surface area contributed by atoms with E-state index in [0.717, 1.165) is 28.7 Å². The summed E-state index contributed by atoms with van der Waals surface area (Å²) in [5, 5.41) is 20.8. The summed E-state index contributed by atoms with van der Waals surface area (Å²) in [6.07, 6.45) is 4.73. The minimum absolute atomic E-state index is 0.0537. The van der Waals surface area contributed by atoms with E-state index in [9.17, 15) is 19.7 Å². The number of hydrogen-bond acceptors (Lipinski definition) is 5. The van der Waals surface area contributed by atoms with E-state index in [0.29, 0.717) is 32.1 Å². The van der Waals surface area contributed by atoms with Gasteiger partial charge >= 0.3 is 7.12 Å². The largest absolute Gasteiger partial charge is 0.508 e. The monoisotopic (exact) mass is 527 g/mol. The van der Waals surface area contributed by atoms with E-state index in [1.54, 1.807) is 12.1 Å². The SMILES string of the molecule is CCCN1C(=O)[C@@H]2[C@@H](CC(C(C)C)=C3[C@@H](CC/C(=C/c4cccc(O)c4)c4ccccc4)OB(O)C[C@@H]32)C1=O. The van der Waals surface area contributed by atoms with E-state index in [4.69, 9.17) is 4.65 Å². The molecule has 6 nitrogen and oxygen atoms in total. The number of rotatable bonds is 8. The van der Waals surface area contributed by atoms with Crippen LogP contribution in [-0.4, -0.2) is 46.6 Å². The number of carbonyl (C=O) groups is 2. The van der Waals surface area contributed by atoms with Gasteiger partial charge < -0.3 is 14.8 Å². The van der Waals surface area contributed by atoms with Crippen LogP contribution >= 0.6 is 0 Å². The molecule has 204 valence electrons. The molecule has 2 fully saturated rings. The van der Waals surface area contributed by atoms with Crippen LogP contribution < -0.4 is 0 Å². The number of allylic oxidation sites excluding steroid dienone is 2. The Bertz CT molecular complexity index is 1290. The molecule has 3 aliphatic rings. The summed E-state index contributed by atoms with van der Waals surface area (Å²) in [6.45, 7) is 6.72. The van der Waals surface area contributed by atoms with Crippen LogP contribution in [0, 0.1) is 23.7 Å². The Balaban J connectivity index is 1.48. The number of likely N-dealkylation sites (tertiary alicyclic amines) is 1. The zero-order valence-electron chi connectivity index (χ0n) is 23.0. The smallest absolute Gasteiger partial charge is 0.455 e. The van der Waals surface area contributed by atoms with Gasteiger partial charge in [-0.05, 0) is 78.2 Å². The second kappa shape index (κ2) is 11.5. The van der Waals surface area contributed by atoms with Crippen LogP contribution in [0.3, 0.4) is 0 Å². The molecule has 0 spiro atoms. The number of amides is 2. The second-order valence-corrected chi connectivity index (χ2v) is 11.4. The first-order chi connectivity index (χ1) is 18.8. The minimum atomic E-state index is -0.978. The maximum atomic E-state index is 13.5. The molecule has 0 radical (unpaired) electrons. The third kappa shape index (κ3) is 5.48. The fraction of sp³-hybridized carbons (Fsp3) is 0.438. The third-order valence-electron chi connectivity index (χ3n) is 8.51. The molecule has 7 heteroatoms. The van der Waals surface area contributed by atoms with Gasteiger partial charge in [0.15, 0.2) is 0 Å². The van der Waals surface area contributed by atoms with Gasteiger partial charge in [0, 0.05) is 6.54 Å². The van der Waals surface area contributed by atoms with Crippen molar-refractivity contribution in [3.63, 3.8) is 0 Å². The van der Waals surface area contributed by atoms with Crippen molar-refractivity contribution >= 4 is 30.6 Å². The Morgan fingerprint density at radius 3 is 2.56 bits per heavy atom. The Labute approximate surface area is 231 Å². The van der Waals surface area contributed by atoms with E-state index in [1.807, 2.05) is 37.3 Å². The van der Waals surface area contributed by atoms with Crippen molar-refractivity contribution in [1.29, 1.82) is 0 Å². The number of benzene rings is 2. The molecule has 0 saturated carbocycles. The van der Waals surface area contributed by atoms with Gasteiger partial charge in [-0.2, -0.15) is 0 Å². The van der Waals surface area contributed by atoms with Crippen molar-refractivity contribution in [3.8, 4) is 5.75 Å². The Hall–Kier alpha value is -3.16. The predicted octanol–water partition coefficient (Wildman–Crippen LogP) is 5.58. The van der Waals surface area contributed by atoms with Gasteiger partial charge in [-0.1, -0.05) is 74.9 Å². The number of fused-ring (bicyclic) bond motifs is 3. The molecular weight excluding hydrogens is 489 g/mol. The van der Waals surface area contributed by atoms with Crippen molar-refractivity contribution < 1.29 is 24.4 Å². The van der Waals surface area contributed by atoms with Crippen LogP contribution in [0.4, 0.5) is 0 Å². The lowest BCUT2D eigenvalue weighted by Gasteiger charge is -2.44. The lowest BCUT2D eigenvalue weighted by Crippen LogP contribution is -2.46. The molecule has 2 saturated heterocycles. The van der Waals surface area contributed by atoms with Crippen molar-refractivity contribution in [2.45, 2.75) is 58.9 Å². The highest BCUT2D eigenvalue weighted by molar-refractivity contribution is 6.43. The summed E-state index contributed by atoms with van der Waals surface area (Å²) in [7, 11) is -0.978. The van der Waals surface area contributed by atoms with Crippen LogP contribution in [0.1, 0.15) is 57.6 Å². The maximum Gasteiger partial charge on any atom is 0.455 e. The molecule has 2 aromatic carbocycles. The van der Waals surface area contributed by atoms with Crippen molar-refractivity contribution in [2.24, 2.45) is 23.7 Å². The van der Waals surface area contributed by atoms with Gasteiger partial charge in [-0.15, -0.1) is 0 Å². The van der Waals surface area contributed by atoms with Gasteiger partial charge in [-0.3, -0.25) is 14.5 Å². The zero-order valence-corrected chi connectivity index (χ0v) is 23.0. The quantitative estimate of drug-likeness (QED) is 0.203. The molecular formula is C32H38BNO5. The Morgan fingerprint density at radius 1 is 1.10 bits per heavy atom. The first-order valence-electron chi connectivity index (χ1n) is 14.2. The molecule has 2 amide bonds. The Morgan fingerprint density at radius 2 is 1.87 bits per heavy atom. The Kier molecular flexibility index (Phi) is 8.10. The lowest BCUT2D eigenvalue weighted by molar-refractivity contribution is -0.140. The summed E-state index contributed by atoms with van der Waals surface area (Å²) in [6, 6.07) is 17.3. The first-order valence-corrected chi connectivity index (χ1v) is 14.2. The topological polar surface area (TPSA) is 87.1 Å². The molecule has 1 aliphatic carbocycles. The van der Waals surface area contributed by atoms with Crippen LogP contribution in [0.2, 0.25) is 6.32 Å². The van der Waals surface area contributed by atoms with Gasteiger partial charge in [-0.25, -0.2) is 0 Å². The molecule has 5 rings (SSSR count). The normalized spacial score (nSPS) is 25.4. The second-order valence-electron chi connectivity index (χ2n) is 11.4. The highest BCUT2D eigenvalue weighted by atomic mass is 16.5. The number of hydrogen-bond donors (Lipinski definition) is 2. The molecule has 2 aromatic rings. The maximum absolute atomic E-state index is 13.5. The lowest BCUT2D eigenvalue weighted by atomic mass is 9.57. The van der Waals surface area contributed by atoms with Crippen LogP contribution in [0.15, 0.2) is 65.7 Å². The summed E-state index contributed by atoms with van der Waals surface area (Å²) in [4.78, 5) is 28.2. The zero-order chi connectivity index (χ0) is 27.7. The number of nitrogens with zero attached hydrogens (tertiary/aromatic N) is 1. The predicted molar refractivity (Wildman–Crippen MR) is 153 cm³/mol. The standard InChI is InChI=1S/C32H38BNO5/c1-4-15-34-31(36)26-18-25(20(2)3)29-27(30(26)32(34)37)19-33(38)39-28(29)14-13-23(22-10-6-5-7-11-22)16-21-9-8-12-24(35)17-21/h5-12,16-17,20,26-28,30,35,38H,4,13-15,18-19H2,1-3H3/b23-16-/t26-,27+,28-,30-/m1/s1. The van der Waals surface area contributed by atoms with E-state index in [2.05, 4.69) is 32.1 Å². The van der Waals surface area contributed by atoms with Crippen molar-refractivity contribution in [1.82, 2.24) is 4.90 Å². The molecule has 2 heterocycles. The third-order valence-corrected chi connectivity index (χ3v) is 8.51. The van der Waals surface area contributed by atoms with E-state index >= 15 is 0 Å². The molecule has 0 bridgehead atoms. The fourth-order valence-corrected chi connectivity index (χ4v) is 6.81. The van der Waals surface area contributed by atoms with Crippen molar-refractivity contribution in [2.75, 3.05) is 6.54 Å². The number of carbonyl (C=O) groups excluding carboxylic acids is 2. The average molecular weight is 527 g/mol. The van der Waals surface area contributed by atoms with Gasteiger partial charge in [0.05, 0.1) is 17.9 Å². The molecule has 0 aromatic heterocycles. The molecule has 2 N–H and O–H groups in total. The summed E-state index contributed by atoms with van der Waals surface area (Å²) < 4.78 is 6.20. The summed E-state index contributed by atoms with van der Waals surface area (Å²) in [5.41, 5.74) is 5.42. The van der Waals surface area contributed by atoms with Crippen LogP contribution in [0.25, 0.3) is 11.6 Å². The molecule has 0 unspecified atom stereocenters. The molecule has 2 aliphatic heterocycles. The van der Waals surface area contributed by atoms with Crippen LogP contribution in [-0.2, 0) is 14.2 Å². The average Bonchev–Trinajstić information content (AvgIpc) is 3.15. The summed E-state index contributed by atoms with van der Waals surface area (Å²) in [5.74, 6) is -0.659. The van der Waals surface area contributed by atoms with Gasteiger partial charge in [0.2, 0.25) is 11.8 Å². The number of phenolic OH excluding ortho intramolecular Hbond substituents is 1. The fourth-order valence-electron chi connectivity index (χ4n) is 6.81. The van der Waals surface area contributed by atoms with Crippen molar-refractivity contribution in [3.05, 3.63) is 76.9 Å². The molecule has 39 heavy (non-hydrogen) atoms. The number of aromatic hydroxyl groups is 1.